The highest BCUT2D eigenvalue weighted by molar-refractivity contribution is 6.30. The predicted octanol–water partition coefficient (Wildman–Crippen LogP) is 4.78. The standard InChI is InChI=1S/C26H28ClN3O3/c1-26(25(32)28-20-5-3-4-6-20)16-29-22-14-21(33-2)12-9-18(22)13-23(29)24(31)30(26)15-17-7-10-19(27)11-8-17/h7-14,20H,3-6,15-16H2,1-2H3,(H,28,32)/t26-/m0/s1. The number of hydrogen-bond acceptors (Lipinski definition) is 3. The lowest BCUT2D eigenvalue weighted by molar-refractivity contribution is -0.133. The van der Waals surface area contributed by atoms with Crippen molar-refractivity contribution in [3.05, 3.63) is 64.8 Å². The van der Waals surface area contributed by atoms with Crippen molar-refractivity contribution in [3.8, 4) is 5.75 Å². The van der Waals surface area contributed by atoms with Gasteiger partial charge in [-0.05, 0) is 55.7 Å². The van der Waals surface area contributed by atoms with Crippen LogP contribution in [0.4, 0.5) is 0 Å². The molecule has 0 saturated heterocycles. The first kappa shape index (κ1) is 21.8. The van der Waals surface area contributed by atoms with E-state index in [1.54, 1.807) is 12.0 Å². The summed E-state index contributed by atoms with van der Waals surface area (Å²) in [5, 5.41) is 4.82. The van der Waals surface area contributed by atoms with E-state index in [9.17, 15) is 9.59 Å². The van der Waals surface area contributed by atoms with Crippen LogP contribution < -0.4 is 10.1 Å². The Balaban J connectivity index is 1.58. The molecule has 2 aromatic carbocycles. The molecule has 2 aliphatic rings. The highest BCUT2D eigenvalue weighted by Gasteiger charge is 2.48. The highest BCUT2D eigenvalue weighted by Crippen LogP contribution is 2.35. The first-order valence-corrected chi connectivity index (χ1v) is 11.8. The summed E-state index contributed by atoms with van der Waals surface area (Å²) in [4.78, 5) is 29.3. The van der Waals surface area contributed by atoms with Crippen LogP contribution in [0.25, 0.3) is 10.9 Å². The summed E-state index contributed by atoms with van der Waals surface area (Å²) >= 11 is 6.06. The average Bonchev–Trinajstić information content (AvgIpc) is 3.45. The smallest absolute Gasteiger partial charge is 0.271 e. The molecule has 1 atom stereocenters. The minimum absolute atomic E-state index is 0.105. The summed E-state index contributed by atoms with van der Waals surface area (Å²) in [6.07, 6.45) is 4.23. The summed E-state index contributed by atoms with van der Waals surface area (Å²) in [5.41, 5.74) is 1.36. The third kappa shape index (κ3) is 3.86. The van der Waals surface area contributed by atoms with Crippen molar-refractivity contribution < 1.29 is 14.3 Å². The molecule has 0 spiro atoms. The van der Waals surface area contributed by atoms with E-state index < -0.39 is 5.54 Å². The van der Waals surface area contributed by atoms with Crippen LogP contribution in [-0.2, 0) is 17.9 Å². The van der Waals surface area contributed by atoms with Crippen molar-refractivity contribution in [1.82, 2.24) is 14.8 Å². The van der Waals surface area contributed by atoms with Gasteiger partial charge in [0.25, 0.3) is 5.91 Å². The predicted molar refractivity (Wildman–Crippen MR) is 129 cm³/mol. The molecule has 1 saturated carbocycles. The maximum atomic E-state index is 13.8. The zero-order valence-corrected chi connectivity index (χ0v) is 19.7. The van der Waals surface area contributed by atoms with Gasteiger partial charge in [0.15, 0.2) is 0 Å². The van der Waals surface area contributed by atoms with Crippen LogP contribution in [0.2, 0.25) is 5.02 Å². The molecule has 2 heterocycles. The Kier molecular flexibility index (Phi) is 5.57. The Hall–Kier alpha value is -2.99. The maximum absolute atomic E-state index is 13.8. The fraction of sp³-hybridized carbons (Fsp3) is 0.385. The number of carbonyl (C=O) groups excluding carboxylic acids is 2. The monoisotopic (exact) mass is 465 g/mol. The number of carbonyl (C=O) groups is 2. The van der Waals surface area contributed by atoms with Crippen LogP contribution >= 0.6 is 11.6 Å². The summed E-state index contributed by atoms with van der Waals surface area (Å²) in [6.45, 7) is 2.58. The number of hydrogen-bond donors (Lipinski definition) is 1. The molecule has 1 aromatic heterocycles. The number of ether oxygens (including phenoxy) is 1. The second kappa shape index (κ2) is 8.41. The Bertz CT molecular complexity index is 1210. The van der Waals surface area contributed by atoms with E-state index in [-0.39, 0.29) is 17.9 Å². The molecule has 3 aromatic rings. The quantitative estimate of drug-likeness (QED) is 0.590. The van der Waals surface area contributed by atoms with Crippen molar-refractivity contribution in [1.29, 1.82) is 0 Å². The lowest BCUT2D eigenvalue weighted by Gasteiger charge is -2.44. The normalized spacial score (nSPS) is 20.8. The van der Waals surface area contributed by atoms with Gasteiger partial charge in [-0.1, -0.05) is 36.6 Å². The molecular formula is C26H28ClN3O3. The SMILES string of the molecule is COc1ccc2cc3n(c2c1)C[C@@](C)(C(=O)NC1CCCC1)N(Cc1ccc(Cl)cc1)C3=O. The van der Waals surface area contributed by atoms with Gasteiger partial charge in [0.2, 0.25) is 5.91 Å². The minimum atomic E-state index is -1.04. The Morgan fingerprint density at radius 3 is 2.58 bits per heavy atom. The van der Waals surface area contributed by atoms with Gasteiger partial charge in [-0.15, -0.1) is 0 Å². The van der Waals surface area contributed by atoms with E-state index in [2.05, 4.69) is 5.32 Å². The first-order valence-electron chi connectivity index (χ1n) is 11.4. The summed E-state index contributed by atoms with van der Waals surface area (Å²) < 4.78 is 7.37. The summed E-state index contributed by atoms with van der Waals surface area (Å²) in [5.74, 6) is 0.458. The van der Waals surface area contributed by atoms with Gasteiger partial charge in [0, 0.05) is 29.1 Å². The van der Waals surface area contributed by atoms with Crippen LogP contribution in [0.1, 0.15) is 48.7 Å². The lowest BCUT2D eigenvalue weighted by Crippen LogP contribution is -2.64. The van der Waals surface area contributed by atoms with Gasteiger partial charge in [-0.3, -0.25) is 9.59 Å². The number of amides is 2. The van der Waals surface area contributed by atoms with Crippen molar-refractivity contribution in [2.45, 2.75) is 57.3 Å². The number of halogens is 1. The number of nitrogens with one attached hydrogen (secondary N) is 1. The van der Waals surface area contributed by atoms with Crippen LogP contribution in [0, 0.1) is 0 Å². The molecule has 1 aliphatic carbocycles. The Morgan fingerprint density at radius 2 is 1.88 bits per heavy atom. The number of nitrogens with zero attached hydrogens (tertiary/aromatic N) is 2. The maximum Gasteiger partial charge on any atom is 0.271 e. The lowest BCUT2D eigenvalue weighted by atomic mass is 9.93. The zero-order valence-electron chi connectivity index (χ0n) is 18.9. The van der Waals surface area contributed by atoms with Crippen molar-refractivity contribution >= 4 is 34.3 Å². The van der Waals surface area contributed by atoms with Gasteiger partial charge in [-0.25, -0.2) is 0 Å². The van der Waals surface area contributed by atoms with Gasteiger partial charge >= 0.3 is 0 Å². The average molecular weight is 466 g/mol. The molecule has 2 amide bonds. The first-order chi connectivity index (χ1) is 15.9. The van der Waals surface area contributed by atoms with Crippen molar-refractivity contribution in [3.63, 3.8) is 0 Å². The van der Waals surface area contributed by atoms with Gasteiger partial charge < -0.3 is 19.5 Å². The van der Waals surface area contributed by atoms with Gasteiger partial charge in [0.05, 0.1) is 19.2 Å². The number of rotatable bonds is 5. The molecular weight excluding hydrogens is 438 g/mol. The molecule has 1 N–H and O–H groups in total. The largest absolute Gasteiger partial charge is 0.497 e. The fourth-order valence-electron chi connectivity index (χ4n) is 5.09. The van der Waals surface area contributed by atoms with E-state index in [0.717, 1.165) is 47.9 Å². The summed E-state index contributed by atoms with van der Waals surface area (Å²) in [7, 11) is 1.62. The second-order valence-corrected chi connectivity index (χ2v) is 9.72. The number of aromatic nitrogens is 1. The van der Waals surface area contributed by atoms with Crippen LogP contribution in [0.15, 0.2) is 48.5 Å². The molecule has 0 unspecified atom stereocenters. The van der Waals surface area contributed by atoms with E-state index in [0.29, 0.717) is 23.8 Å². The van der Waals surface area contributed by atoms with Gasteiger partial charge in [-0.2, -0.15) is 0 Å². The number of methoxy groups -OCH3 is 1. The van der Waals surface area contributed by atoms with Crippen molar-refractivity contribution in [2.75, 3.05) is 7.11 Å². The van der Waals surface area contributed by atoms with Crippen LogP contribution in [0.3, 0.4) is 0 Å². The topological polar surface area (TPSA) is 63.6 Å². The molecule has 1 aliphatic heterocycles. The van der Waals surface area contributed by atoms with Crippen LogP contribution in [-0.4, -0.2) is 40.0 Å². The molecule has 5 rings (SSSR count). The van der Waals surface area contributed by atoms with Crippen molar-refractivity contribution in [2.24, 2.45) is 0 Å². The second-order valence-electron chi connectivity index (χ2n) is 9.29. The molecule has 7 heteroatoms. The third-order valence-corrected chi connectivity index (χ3v) is 7.32. The minimum Gasteiger partial charge on any atom is -0.497 e. The third-order valence-electron chi connectivity index (χ3n) is 7.07. The molecule has 172 valence electrons. The Labute approximate surface area is 198 Å². The van der Waals surface area contributed by atoms with E-state index >= 15 is 0 Å². The molecule has 33 heavy (non-hydrogen) atoms. The molecule has 6 nitrogen and oxygen atoms in total. The molecule has 0 bridgehead atoms. The van der Waals surface area contributed by atoms with Crippen LogP contribution in [0.5, 0.6) is 5.75 Å². The van der Waals surface area contributed by atoms with Gasteiger partial charge in [0.1, 0.15) is 17.0 Å². The Morgan fingerprint density at radius 1 is 1.15 bits per heavy atom. The summed E-state index contributed by atoms with van der Waals surface area (Å²) in [6, 6.07) is 15.3. The number of benzene rings is 2. The molecule has 1 fully saturated rings. The molecule has 0 radical (unpaired) electrons. The van der Waals surface area contributed by atoms with E-state index in [1.807, 2.05) is 60.0 Å². The van der Waals surface area contributed by atoms with E-state index in [4.69, 9.17) is 16.3 Å². The zero-order chi connectivity index (χ0) is 23.2. The highest BCUT2D eigenvalue weighted by atomic mass is 35.5. The van der Waals surface area contributed by atoms with E-state index in [1.165, 1.54) is 0 Å². The fourth-order valence-corrected chi connectivity index (χ4v) is 5.21. The number of fused-ring (bicyclic) bond motifs is 3.